The van der Waals surface area contributed by atoms with E-state index in [0.717, 1.165) is 109 Å². The molecule has 5 aliphatic rings. The first-order valence-corrected chi connectivity index (χ1v) is 48.9. The van der Waals surface area contributed by atoms with Crippen molar-refractivity contribution in [3.63, 3.8) is 0 Å². The quantitative estimate of drug-likeness (QED) is 0.113. The second-order valence-electron chi connectivity index (χ2n) is 40.9. The molecule has 0 spiro atoms. The first kappa shape index (κ1) is 104. The molecular weight excluding hydrogens is 1430 g/mol. The lowest BCUT2D eigenvalue weighted by atomic mass is 9.85. The van der Waals surface area contributed by atoms with Crippen molar-refractivity contribution in [2.75, 3.05) is 66.1 Å². The third-order valence-corrected chi connectivity index (χ3v) is 29.4. The molecule has 30 atom stereocenters. The Balaban J connectivity index is 1.04. The summed E-state index contributed by atoms with van der Waals surface area (Å²) in [6.45, 7) is 36.7. The minimum atomic E-state index is -1.49. The number of fused-ring (bicyclic) bond motifs is 4. The van der Waals surface area contributed by atoms with E-state index in [2.05, 4.69) is 96.9 Å². The molecule has 0 amide bonds. The standard InChI is InChI=1S/C98H188O16/c1-69-25-15-27-71(3)31-19-35-79(11)55-59-109-87(67-111-97-95(105)93(103)91(101)89(63-99)113-97)65-107-57-53-77(9)40-24-44-84-50-52-86(62-84)82(14)42-22-38-76(8)48-46-74(6)34-18-30-70(2)26-16-28-72(4)32-20-36-80(12)56-60-110-88(68-112-98-96(106)94(104)92(102)90(64-100)114-98)66-108-58-54-78(10)39-23-43-83-49-51-85(61-83)81(13)41-21-37-75(7)47-45-73(5)33-17-29-69/h69-106H,15-68H2,1-14H3/t69?,70?,71?,72?,73?,74?,75?,76?,77?,78?,79?,80?,81?,82?,83?,84?,85?,86?,87?,88?,89-,90+,91-,92+,93+,94-,95-,96+,97+,98-. The van der Waals surface area contributed by atoms with E-state index in [-0.39, 0.29) is 13.2 Å². The van der Waals surface area contributed by atoms with Crippen LogP contribution in [0.15, 0.2) is 0 Å². The second kappa shape index (κ2) is 60.8. The van der Waals surface area contributed by atoms with Gasteiger partial charge in [0.15, 0.2) is 12.6 Å². The Kier molecular flexibility index (Phi) is 55.4. The SMILES string of the molecule is CC1CCCC(C)CCCC(C)CCC(C)CCCC(C)C2CCC(CCCC(C)CCOCC(CO[C@H]3O[C@H](CO)[C@@H](O)[C@H](O)[C@H]3O)OCCC(C)CCCC(C)CCCC(C)CCCC(C)CCC(C)CCCC(C)C3CCC(CCCC(C)CCOCC(CO[C@@H]4O[C@@H](CO)[C@H](O)[C@@H](O)[C@@H]4O)OCCC(C)CCC1)C3)C2. The lowest BCUT2D eigenvalue weighted by Crippen LogP contribution is -2.59. The largest absolute Gasteiger partial charge is 0.394 e. The molecule has 676 valence electrons. The number of hydrogen-bond donors (Lipinski definition) is 8. The first-order valence-electron chi connectivity index (χ1n) is 48.9. The highest BCUT2D eigenvalue weighted by molar-refractivity contribution is 4.91. The number of ether oxygens (including phenoxy) is 8. The van der Waals surface area contributed by atoms with Gasteiger partial charge in [-0.25, -0.2) is 0 Å². The van der Waals surface area contributed by atoms with Crippen LogP contribution in [0.3, 0.4) is 0 Å². The fraction of sp³-hybridized carbons (Fsp3) is 1.00. The van der Waals surface area contributed by atoms with Gasteiger partial charge in [-0.3, -0.25) is 0 Å². The van der Waals surface area contributed by atoms with Crippen LogP contribution in [0.25, 0.3) is 0 Å². The molecule has 4 bridgehead atoms. The maximum absolute atomic E-state index is 10.7. The van der Waals surface area contributed by atoms with Crippen molar-refractivity contribution < 1.29 is 78.7 Å². The van der Waals surface area contributed by atoms with Crippen LogP contribution >= 0.6 is 0 Å². The molecule has 3 heterocycles. The van der Waals surface area contributed by atoms with E-state index in [1.54, 1.807) is 0 Å². The fourth-order valence-electron chi connectivity index (χ4n) is 20.1. The van der Waals surface area contributed by atoms with Crippen molar-refractivity contribution in [3.8, 4) is 0 Å². The van der Waals surface area contributed by atoms with E-state index in [1.807, 2.05) is 0 Å². The van der Waals surface area contributed by atoms with Gasteiger partial charge >= 0.3 is 0 Å². The molecule has 5 fully saturated rings. The van der Waals surface area contributed by atoms with E-state index in [4.69, 9.17) is 37.9 Å². The van der Waals surface area contributed by atoms with Crippen LogP contribution in [0.4, 0.5) is 0 Å². The van der Waals surface area contributed by atoms with Crippen LogP contribution in [-0.4, -0.2) is 181 Å². The molecule has 0 aromatic heterocycles. The Bertz CT molecular complexity index is 2110. The Morgan fingerprint density at radius 1 is 0.254 bits per heavy atom. The fourth-order valence-corrected chi connectivity index (χ4v) is 20.1. The molecule has 2 aliphatic carbocycles. The highest BCUT2D eigenvalue weighted by Gasteiger charge is 2.46. The van der Waals surface area contributed by atoms with Gasteiger partial charge in [-0.15, -0.1) is 0 Å². The Labute approximate surface area is 700 Å². The molecule has 16 heteroatoms. The van der Waals surface area contributed by atoms with Crippen LogP contribution in [0, 0.1) is 107 Å². The van der Waals surface area contributed by atoms with Gasteiger partial charge in [-0.1, -0.05) is 328 Å². The predicted octanol–water partition coefficient (Wildman–Crippen LogP) is 21.0. The van der Waals surface area contributed by atoms with Gasteiger partial charge in [0.05, 0.1) is 39.6 Å². The maximum atomic E-state index is 10.7. The zero-order chi connectivity index (χ0) is 83.2. The van der Waals surface area contributed by atoms with Crippen molar-refractivity contribution >= 4 is 0 Å². The number of aliphatic hydroxyl groups excluding tert-OH is 8. The van der Waals surface area contributed by atoms with Gasteiger partial charge < -0.3 is 78.7 Å². The summed E-state index contributed by atoms with van der Waals surface area (Å²) in [6, 6.07) is 0. The van der Waals surface area contributed by atoms with Gasteiger partial charge in [0.25, 0.3) is 0 Å². The molecule has 114 heavy (non-hydrogen) atoms. The lowest BCUT2D eigenvalue weighted by Gasteiger charge is -2.40. The normalized spacial score (nSPS) is 41.4. The van der Waals surface area contributed by atoms with Crippen LogP contribution in [0.5, 0.6) is 0 Å². The van der Waals surface area contributed by atoms with Gasteiger partial charge in [-0.05, 0) is 158 Å². The van der Waals surface area contributed by atoms with Gasteiger partial charge in [0.1, 0.15) is 61.0 Å². The summed E-state index contributed by atoms with van der Waals surface area (Å²) in [5.74, 6) is 13.6. The number of rotatable bonds is 8. The zero-order valence-electron chi connectivity index (χ0n) is 76.3. The Morgan fingerprint density at radius 2 is 0.500 bits per heavy atom. The molecule has 3 saturated heterocycles. The van der Waals surface area contributed by atoms with Crippen LogP contribution in [0.2, 0.25) is 0 Å². The van der Waals surface area contributed by atoms with E-state index >= 15 is 0 Å². The third kappa shape index (κ3) is 44.1. The van der Waals surface area contributed by atoms with Crippen molar-refractivity contribution in [1.82, 2.24) is 0 Å². The smallest absolute Gasteiger partial charge is 0.186 e. The monoisotopic (exact) mass is 1620 g/mol. The average molecular weight is 1620 g/mol. The minimum Gasteiger partial charge on any atom is -0.394 e. The van der Waals surface area contributed by atoms with Crippen LogP contribution < -0.4 is 0 Å². The van der Waals surface area contributed by atoms with E-state index < -0.39 is 86.8 Å². The van der Waals surface area contributed by atoms with Crippen LogP contribution in [0.1, 0.15) is 379 Å². The highest BCUT2D eigenvalue weighted by Crippen LogP contribution is 2.43. The lowest BCUT2D eigenvalue weighted by molar-refractivity contribution is -0.306. The molecule has 0 aromatic rings. The molecule has 20 unspecified atom stereocenters. The maximum Gasteiger partial charge on any atom is 0.186 e. The molecule has 0 aromatic carbocycles. The minimum absolute atomic E-state index is 0.0957. The summed E-state index contributed by atoms with van der Waals surface area (Å²) >= 11 is 0. The van der Waals surface area contributed by atoms with E-state index in [0.29, 0.717) is 63.3 Å². The molecule has 8 N–H and O–H groups in total. The molecule has 3 aliphatic heterocycles. The third-order valence-electron chi connectivity index (χ3n) is 29.4. The summed E-state index contributed by atoms with van der Waals surface area (Å²) < 4.78 is 48.9. The Hall–Kier alpha value is -0.640. The summed E-state index contributed by atoms with van der Waals surface area (Å²) in [7, 11) is 0. The Morgan fingerprint density at radius 3 is 0.781 bits per heavy atom. The second-order valence-corrected chi connectivity index (χ2v) is 40.9. The van der Waals surface area contributed by atoms with Gasteiger partial charge in [0.2, 0.25) is 0 Å². The van der Waals surface area contributed by atoms with Crippen molar-refractivity contribution in [2.24, 2.45) is 107 Å². The van der Waals surface area contributed by atoms with E-state index in [9.17, 15) is 40.9 Å². The topological polar surface area (TPSA) is 236 Å². The van der Waals surface area contributed by atoms with Crippen molar-refractivity contribution in [3.05, 3.63) is 0 Å². The van der Waals surface area contributed by atoms with Gasteiger partial charge in [-0.2, -0.15) is 0 Å². The van der Waals surface area contributed by atoms with Crippen LogP contribution in [-0.2, 0) is 37.9 Å². The molecule has 16 nitrogen and oxygen atoms in total. The molecule has 5 rings (SSSR count). The van der Waals surface area contributed by atoms with Crippen molar-refractivity contribution in [1.29, 1.82) is 0 Å². The van der Waals surface area contributed by atoms with E-state index in [1.165, 1.54) is 257 Å². The number of hydrogen-bond acceptors (Lipinski definition) is 16. The highest BCUT2D eigenvalue weighted by atomic mass is 16.7. The summed E-state index contributed by atoms with van der Waals surface area (Å²) in [5.41, 5.74) is 0. The summed E-state index contributed by atoms with van der Waals surface area (Å²) in [4.78, 5) is 0. The molecule has 2 saturated carbocycles. The first-order chi connectivity index (χ1) is 54.7. The molecule has 0 radical (unpaired) electrons. The summed E-state index contributed by atoms with van der Waals surface area (Å²) in [5, 5.41) is 82.7. The van der Waals surface area contributed by atoms with Gasteiger partial charge in [0, 0.05) is 26.4 Å². The average Bonchev–Trinajstić information content (AvgIpc) is 1.16. The zero-order valence-corrected chi connectivity index (χ0v) is 76.3. The molecular formula is C98H188O16. The predicted molar refractivity (Wildman–Crippen MR) is 466 cm³/mol. The summed E-state index contributed by atoms with van der Waals surface area (Å²) in [6.07, 6.45) is 43.0. The van der Waals surface area contributed by atoms with Crippen molar-refractivity contribution in [2.45, 2.75) is 453 Å². The number of aliphatic hydroxyl groups is 8.